The Morgan fingerprint density at radius 3 is 2.75 bits per heavy atom. The van der Waals surface area contributed by atoms with E-state index in [-0.39, 0.29) is 29.0 Å². The first kappa shape index (κ1) is 17.7. The van der Waals surface area contributed by atoms with E-state index in [0.29, 0.717) is 24.4 Å². The number of nitrogens with zero attached hydrogens (tertiary/aromatic N) is 1. The van der Waals surface area contributed by atoms with Crippen molar-refractivity contribution < 1.29 is 13.2 Å². The fourth-order valence-corrected chi connectivity index (χ4v) is 5.31. The SMILES string of the molecule is CN(CCC(=O)NC1(c2cccc(Cl)c2)CC1)[C@H]1CCS(=O)(=O)C1. The van der Waals surface area contributed by atoms with Crippen molar-refractivity contribution in [3.63, 3.8) is 0 Å². The Bertz CT molecular complexity index is 731. The van der Waals surface area contributed by atoms with Gasteiger partial charge in [-0.25, -0.2) is 8.42 Å². The number of rotatable bonds is 6. The topological polar surface area (TPSA) is 66.5 Å². The van der Waals surface area contributed by atoms with Crippen molar-refractivity contribution in [1.82, 2.24) is 10.2 Å². The second-order valence-electron chi connectivity index (χ2n) is 6.93. The fourth-order valence-electron chi connectivity index (χ4n) is 3.31. The van der Waals surface area contributed by atoms with Crippen molar-refractivity contribution in [2.45, 2.75) is 37.3 Å². The number of hydrogen-bond donors (Lipinski definition) is 1. The molecule has 1 aliphatic carbocycles. The van der Waals surface area contributed by atoms with Crippen molar-refractivity contribution in [2.75, 3.05) is 25.1 Å². The number of carbonyl (C=O) groups is 1. The van der Waals surface area contributed by atoms with Gasteiger partial charge in [-0.05, 0) is 44.0 Å². The van der Waals surface area contributed by atoms with Crippen LogP contribution in [-0.4, -0.2) is 50.4 Å². The van der Waals surface area contributed by atoms with Crippen LogP contribution in [0.4, 0.5) is 0 Å². The average molecular weight is 371 g/mol. The number of halogens is 1. The maximum absolute atomic E-state index is 12.3. The van der Waals surface area contributed by atoms with Gasteiger partial charge in [0.1, 0.15) is 0 Å². The predicted octanol–water partition coefficient (Wildman–Crippen LogP) is 1.95. The molecule has 0 unspecified atom stereocenters. The molecule has 2 aliphatic rings. The van der Waals surface area contributed by atoms with Gasteiger partial charge >= 0.3 is 0 Å². The molecule has 1 saturated carbocycles. The summed E-state index contributed by atoms with van der Waals surface area (Å²) < 4.78 is 23.1. The van der Waals surface area contributed by atoms with Crippen LogP contribution in [0.3, 0.4) is 0 Å². The molecule has 1 aromatic carbocycles. The molecule has 5 nitrogen and oxygen atoms in total. The number of hydrogen-bond acceptors (Lipinski definition) is 4. The van der Waals surface area contributed by atoms with Gasteiger partial charge < -0.3 is 10.2 Å². The Labute approximate surface area is 148 Å². The van der Waals surface area contributed by atoms with Crippen molar-refractivity contribution in [3.05, 3.63) is 34.9 Å². The minimum absolute atomic E-state index is 0.000166. The zero-order chi connectivity index (χ0) is 17.4. The largest absolute Gasteiger partial charge is 0.347 e. The molecule has 1 aromatic rings. The molecule has 1 atom stereocenters. The number of carbonyl (C=O) groups excluding carboxylic acids is 1. The third-order valence-electron chi connectivity index (χ3n) is 5.03. The van der Waals surface area contributed by atoms with Gasteiger partial charge in [0.15, 0.2) is 9.84 Å². The summed E-state index contributed by atoms with van der Waals surface area (Å²) in [5.41, 5.74) is 0.788. The molecule has 2 fully saturated rings. The normalized spacial score (nSPS) is 24.0. The fraction of sp³-hybridized carbons (Fsp3) is 0.588. The van der Waals surface area contributed by atoms with Crippen LogP contribution in [0, 0.1) is 0 Å². The van der Waals surface area contributed by atoms with Crippen LogP contribution in [0.5, 0.6) is 0 Å². The number of benzene rings is 1. The highest BCUT2D eigenvalue weighted by Gasteiger charge is 2.45. The highest BCUT2D eigenvalue weighted by molar-refractivity contribution is 7.91. The molecule has 0 radical (unpaired) electrons. The summed E-state index contributed by atoms with van der Waals surface area (Å²) in [7, 11) is -1.00. The Hall–Kier alpha value is -1.11. The maximum atomic E-state index is 12.3. The summed E-state index contributed by atoms with van der Waals surface area (Å²) in [4.78, 5) is 14.3. The molecule has 1 saturated heterocycles. The first-order chi connectivity index (χ1) is 11.3. The quantitative estimate of drug-likeness (QED) is 0.831. The molecule has 1 amide bonds. The number of nitrogens with one attached hydrogen (secondary N) is 1. The van der Waals surface area contributed by atoms with E-state index in [1.54, 1.807) is 0 Å². The smallest absolute Gasteiger partial charge is 0.221 e. The standard InChI is InChI=1S/C17H23ClN2O3S/c1-20(15-6-10-24(22,23)12-15)9-5-16(21)19-17(7-8-17)13-3-2-4-14(18)11-13/h2-4,11,15H,5-10,12H2,1H3,(H,19,21)/t15-/m0/s1. The Morgan fingerprint density at radius 2 is 2.17 bits per heavy atom. The van der Waals surface area contributed by atoms with E-state index < -0.39 is 9.84 Å². The molecule has 0 bridgehead atoms. The Balaban J connectivity index is 1.51. The van der Waals surface area contributed by atoms with Gasteiger partial charge in [-0.1, -0.05) is 23.7 Å². The lowest BCUT2D eigenvalue weighted by Crippen LogP contribution is -2.39. The molecule has 24 heavy (non-hydrogen) atoms. The van der Waals surface area contributed by atoms with E-state index in [1.165, 1.54) is 0 Å². The minimum Gasteiger partial charge on any atom is -0.347 e. The number of sulfone groups is 1. The molecule has 7 heteroatoms. The van der Waals surface area contributed by atoms with Gasteiger partial charge in [0.25, 0.3) is 0 Å². The molecule has 3 rings (SSSR count). The summed E-state index contributed by atoms with van der Waals surface area (Å²) >= 11 is 6.05. The van der Waals surface area contributed by atoms with Crippen LogP contribution in [-0.2, 0) is 20.2 Å². The Morgan fingerprint density at radius 1 is 1.42 bits per heavy atom. The minimum atomic E-state index is -2.89. The molecule has 132 valence electrons. The molecular formula is C17H23ClN2O3S. The van der Waals surface area contributed by atoms with Gasteiger partial charge in [0.2, 0.25) is 5.91 Å². The zero-order valence-electron chi connectivity index (χ0n) is 13.8. The highest BCUT2D eigenvalue weighted by atomic mass is 35.5. The van der Waals surface area contributed by atoms with Gasteiger partial charge in [-0.15, -0.1) is 0 Å². The van der Waals surface area contributed by atoms with Gasteiger partial charge in [-0.3, -0.25) is 4.79 Å². The van der Waals surface area contributed by atoms with Crippen molar-refractivity contribution in [3.8, 4) is 0 Å². The second kappa shape index (κ2) is 6.65. The highest BCUT2D eigenvalue weighted by Crippen LogP contribution is 2.46. The lowest BCUT2D eigenvalue weighted by atomic mass is 10.0. The van der Waals surface area contributed by atoms with Gasteiger partial charge in [0.05, 0.1) is 17.0 Å². The third-order valence-corrected chi connectivity index (χ3v) is 7.01. The van der Waals surface area contributed by atoms with E-state index in [2.05, 4.69) is 5.32 Å². The van der Waals surface area contributed by atoms with E-state index in [1.807, 2.05) is 36.2 Å². The Kier molecular flexibility index (Phi) is 4.91. The third kappa shape index (κ3) is 4.10. The molecule has 1 aliphatic heterocycles. The maximum Gasteiger partial charge on any atom is 0.221 e. The van der Waals surface area contributed by atoms with Crippen LogP contribution in [0.2, 0.25) is 5.02 Å². The summed E-state index contributed by atoms with van der Waals surface area (Å²) in [6.45, 7) is 0.567. The molecule has 1 N–H and O–H groups in total. The van der Waals surface area contributed by atoms with E-state index >= 15 is 0 Å². The number of amides is 1. The average Bonchev–Trinajstić information content (AvgIpc) is 3.21. The van der Waals surface area contributed by atoms with Crippen LogP contribution in [0.25, 0.3) is 0 Å². The summed E-state index contributed by atoms with van der Waals surface area (Å²) in [6, 6.07) is 7.66. The summed E-state index contributed by atoms with van der Waals surface area (Å²) in [5.74, 6) is 0.462. The van der Waals surface area contributed by atoms with Crippen LogP contribution >= 0.6 is 11.6 Å². The van der Waals surface area contributed by atoms with Gasteiger partial charge in [-0.2, -0.15) is 0 Å². The molecule has 1 heterocycles. The first-order valence-corrected chi connectivity index (χ1v) is 10.5. The molecular weight excluding hydrogens is 348 g/mol. The predicted molar refractivity (Wildman–Crippen MR) is 94.8 cm³/mol. The first-order valence-electron chi connectivity index (χ1n) is 8.27. The zero-order valence-corrected chi connectivity index (χ0v) is 15.4. The van der Waals surface area contributed by atoms with E-state index in [9.17, 15) is 13.2 Å². The molecule has 0 spiro atoms. The van der Waals surface area contributed by atoms with Gasteiger partial charge in [0, 0.05) is 24.0 Å². The molecule has 0 aromatic heterocycles. The lowest BCUT2D eigenvalue weighted by molar-refractivity contribution is -0.122. The van der Waals surface area contributed by atoms with Crippen LogP contribution < -0.4 is 5.32 Å². The van der Waals surface area contributed by atoms with Crippen molar-refractivity contribution in [2.24, 2.45) is 0 Å². The van der Waals surface area contributed by atoms with E-state index in [0.717, 1.165) is 18.4 Å². The van der Waals surface area contributed by atoms with E-state index in [4.69, 9.17) is 11.6 Å². The summed E-state index contributed by atoms with van der Waals surface area (Å²) in [6.07, 6.45) is 2.88. The van der Waals surface area contributed by atoms with Crippen LogP contribution in [0.1, 0.15) is 31.2 Å². The van der Waals surface area contributed by atoms with Crippen molar-refractivity contribution >= 4 is 27.3 Å². The lowest BCUT2D eigenvalue weighted by Gasteiger charge is -2.24. The van der Waals surface area contributed by atoms with Crippen molar-refractivity contribution in [1.29, 1.82) is 0 Å². The monoisotopic (exact) mass is 370 g/mol. The summed E-state index contributed by atoms with van der Waals surface area (Å²) in [5, 5.41) is 3.81. The second-order valence-corrected chi connectivity index (χ2v) is 9.59. The van der Waals surface area contributed by atoms with Crippen LogP contribution in [0.15, 0.2) is 24.3 Å².